The summed E-state index contributed by atoms with van der Waals surface area (Å²) in [4.78, 5) is 23.6. The quantitative estimate of drug-likeness (QED) is 0.904. The van der Waals surface area contributed by atoms with Gasteiger partial charge in [0.15, 0.2) is 0 Å². The molecule has 114 valence electrons. The third kappa shape index (κ3) is 3.73. The Balaban J connectivity index is 2.26. The van der Waals surface area contributed by atoms with Crippen molar-refractivity contribution in [3.05, 3.63) is 58.7 Å². The smallest absolute Gasteiger partial charge is 0.255 e. The van der Waals surface area contributed by atoms with Crippen LogP contribution in [0.2, 0.25) is 0 Å². The van der Waals surface area contributed by atoms with E-state index in [0.717, 1.165) is 16.7 Å². The average Bonchev–Trinajstić information content (AvgIpc) is 2.41. The van der Waals surface area contributed by atoms with Crippen molar-refractivity contribution < 1.29 is 9.59 Å². The largest absolute Gasteiger partial charge is 0.326 e. The Morgan fingerprint density at radius 3 is 1.95 bits per heavy atom. The van der Waals surface area contributed by atoms with E-state index in [-0.39, 0.29) is 11.8 Å². The van der Waals surface area contributed by atoms with Crippen LogP contribution in [0.5, 0.6) is 0 Å². The van der Waals surface area contributed by atoms with E-state index in [2.05, 4.69) is 10.6 Å². The molecule has 0 saturated heterocycles. The first-order valence-corrected chi connectivity index (χ1v) is 7.13. The molecule has 4 nitrogen and oxygen atoms in total. The fourth-order valence-corrected chi connectivity index (χ4v) is 2.40. The molecule has 2 rings (SSSR count). The summed E-state index contributed by atoms with van der Waals surface area (Å²) in [5, 5.41) is 5.66. The van der Waals surface area contributed by atoms with Gasteiger partial charge in [0.05, 0.1) is 0 Å². The lowest BCUT2D eigenvalue weighted by Gasteiger charge is -2.13. The Hall–Kier alpha value is -2.62. The van der Waals surface area contributed by atoms with Crippen molar-refractivity contribution in [3.8, 4) is 0 Å². The number of rotatable bonds is 3. The Morgan fingerprint density at radius 2 is 1.41 bits per heavy atom. The van der Waals surface area contributed by atoms with Crippen molar-refractivity contribution in [1.82, 2.24) is 0 Å². The summed E-state index contributed by atoms with van der Waals surface area (Å²) in [6.45, 7) is 7.25. The maximum atomic E-state index is 12.4. The fraction of sp³-hybridized carbons (Fsp3) is 0.222. The van der Waals surface area contributed by atoms with E-state index in [1.165, 1.54) is 6.92 Å². The highest BCUT2D eigenvalue weighted by molar-refractivity contribution is 6.05. The summed E-state index contributed by atoms with van der Waals surface area (Å²) >= 11 is 0. The van der Waals surface area contributed by atoms with Gasteiger partial charge in [0.1, 0.15) is 0 Å². The molecule has 0 unspecified atom stereocenters. The number of carbonyl (C=O) groups excluding carboxylic acids is 2. The van der Waals surface area contributed by atoms with Gasteiger partial charge in [0.25, 0.3) is 5.91 Å². The van der Waals surface area contributed by atoms with Gasteiger partial charge in [-0.15, -0.1) is 0 Å². The molecule has 0 fully saturated rings. The van der Waals surface area contributed by atoms with Gasteiger partial charge in [-0.25, -0.2) is 0 Å². The Kier molecular flexibility index (Phi) is 4.61. The molecule has 0 aliphatic carbocycles. The van der Waals surface area contributed by atoms with Crippen LogP contribution in [0.1, 0.15) is 34.0 Å². The van der Waals surface area contributed by atoms with Gasteiger partial charge >= 0.3 is 0 Å². The molecule has 2 aromatic rings. The molecule has 0 aromatic heterocycles. The summed E-state index contributed by atoms with van der Waals surface area (Å²) in [6.07, 6.45) is 0. The minimum atomic E-state index is -0.158. The molecule has 2 aromatic carbocycles. The van der Waals surface area contributed by atoms with Gasteiger partial charge in [-0.3, -0.25) is 9.59 Å². The van der Waals surface area contributed by atoms with Gasteiger partial charge in [-0.2, -0.15) is 0 Å². The molecule has 0 bridgehead atoms. The van der Waals surface area contributed by atoms with Gasteiger partial charge in [0, 0.05) is 23.9 Å². The van der Waals surface area contributed by atoms with Crippen LogP contribution in [0.4, 0.5) is 11.4 Å². The van der Waals surface area contributed by atoms with Crippen LogP contribution in [0.25, 0.3) is 0 Å². The molecule has 0 aliphatic rings. The van der Waals surface area contributed by atoms with Crippen molar-refractivity contribution in [2.24, 2.45) is 0 Å². The van der Waals surface area contributed by atoms with E-state index in [4.69, 9.17) is 0 Å². The number of anilines is 2. The Labute approximate surface area is 130 Å². The van der Waals surface area contributed by atoms with Gasteiger partial charge in [0.2, 0.25) is 5.91 Å². The van der Waals surface area contributed by atoms with E-state index in [1.807, 2.05) is 51.1 Å². The van der Waals surface area contributed by atoms with E-state index in [9.17, 15) is 9.59 Å². The zero-order valence-corrected chi connectivity index (χ0v) is 13.3. The molecule has 4 heteroatoms. The third-order valence-electron chi connectivity index (χ3n) is 3.38. The molecule has 2 amide bonds. The lowest BCUT2D eigenvalue weighted by Crippen LogP contribution is -2.14. The van der Waals surface area contributed by atoms with Crippen LogP contribution < -0.4 is 10.6 Å². The summed E-state index contributed by atoms with van der Waals surface area (Å²) in [5.74, 6) is -0.296. The molecule has 22 heavy (non-hydrogen) atoms. The van der Waals surface area contributed by atoms with Crippen LogP contribution in [0, 0.1) is 20.8 Å². The molecule has 0 spiro atoms. The third-order valence-corrected chi connectivity index (χ3v) is 3.38. The highest BCUT2D eigenvalue weighted by atomic mass is 16.2. The summed E-state index contributed by atoms with van der Waals surface area (Å²) in [6, 6.07) is 11.2. The number of hydrogen-bond donors (Lipinski definition) is 2. The zero-order chi connectivity index (χ0) is 16.3. The Morgan fingerprint density at radius 1 is 0.864 bits per heavy atom. The first-order chi connectivity index (χ1) is 10.4. The standard InChI is InChI=1S/C18H20N2O2/c1-11-8-12(2)10-15(9-11)18(22)20-17-7-5-6-16(13(17)3)19-14(4)21/h5-10H,1-4H3,(H,19,21)(H,20,22). The van der Waals surface area contributed by atoms with Gasteiger partial charge < -0.3 is 10.6 Å². The van der Waals surface area contributed by atoms with E-state index >= 15 is 0 Å². The second-order valence-corrected chi connectivity index (χ2v) is 5.49. The molecule has 0 radical (unpaired) electrons. The number of hydrogen-bond acceptors (Lipinski definition) is 2. The number of nitrogens with one attached hydrogen (secondary N) is 2. The summed E-state index contributed by atoms with van der Waals surface area (Å²) < 4.78 is 0. The maximum absolute atomic E-state index is 12.4. The van der Waals surface area contributed by atoms with Crippen LogP contribution in [0.15, 0.2) is 36.4 Å². The van der Waals surface area contributed by atoms with Crippen molar-refractivity contribution in [2.45, 2.75) is 27.7 Å². The number of benzene rings is 2. The average molecular weight is 296 g/mol. The van der Waals surface area contributed by atoms with E-state index < -0.39 is 0 Å². The van der Waals surface area contributed by atoms with Gasteiger partial charge in [-0.05, 0) is 50.6 Å². The summed E-state index contributed by atoms with van der Waals surface area (Å²) in [7, 11) is 0. The SMILES string of the molecule is CC(=O)Nc1cccc(NC(=O)c2cc(C)cc(C)c2)c1C. The molecule has 0 heterocycles. The second kappa shape index (κ2) is 6.43. The topological polar surface area (TPSA) is 58.2 Å². The Bertz CT molecular complexity index is 716. The van der Waals surface area contributed by atoms with Crippen molar-refractivity contribution in [3.63, 3.8) is 0 Å². The van der Waals surface area contributed by atoms with Crippen molar-refractivity contribution in [2.75, 3.05) is 10.6 Å². The van der Waals surface area contributed by atoms with Crippen LogP contribution in [0.3, 0.4) is 0 Å². The predicted molar refractivity (Wildman–Crippen MR) is 89.4 cm³/mol. The number of amides is 2. The minimum Gasteiger partial charge on any atom is -0.326 e. The molecule has 0 aliphatic heterocycles. The normalized spacial score (nSPS) is 10.2. The number of carbonyl (C=O) groups is 2. The predicted octanol–water partition coefficient (Wildman–Crippen LogP) is 3.82. The molecular formula is C18H20N2O2. The van der Waals surface area contributed by atoms with Crippen molar-refractivity contribution >= 4 is 23.2 Å². The molecular weight excluding hydrogens is 276 g/mol. The monoisotopic (exact) mass is 296 g/mol. The van der Waals surface area contributed by atoms with Crippen LogP contribution >= 0.6 is 0 Å². The first-order valence-electron chi connectivity index (χ1n) is 7.13. The minimum absolute atomic E-state index is 0.138. The maximum Gasteiger partial charge on any atom is 0.255 e. The fourth-order valence-electron chi connectivity index (χ4n) is 2.40. The van der Waals surface area contributed by atoms with E-state index in [0.29, 0.717) is 16.9 Å². The van der Waals surface area contributed by atoms with E-state index in [1.54, 1.807) is 6.07 Å². The zero-order valence-electron chi connectivity index (χ0n) is 13.3. The van der Waals surface area contributed by atoms with Crippen LogP contribution in [-0.4, -0.2) is 11.8 Å². The molecule has 0 atom stereocenters. The molecule has 2 N–H and O–H groups in total. The number of aryl methyl sites for hydroxylation is 2. The molecule has 0 saturated carbocycles. The first kappa shape index (κ1) is 15.8. The van der Waals surface area contributed by atoms with Crippen LogP contribution in [-0.2, 0) is 4.79 Å². The van der Waals surface area contributed by atoms with Crippen molar-refractivity contribution in [1.29, 1.82) is 0 Å². The summed E-state index contributed by atoms with van der Waals surface area (Å²) in [5.41, 5.74) is 4.95. The lowest BCUT2D eigenvalue weighted by atomic mass is 10.1. The second-order valence-electron chi connectivity index (χ2n) is 5.49. The highest BCUT2D eigenvalue weighted by Crippen LogP contribution is 2.24. The lowest BCUT2D eigenvalue weighted by molar-refractivity contribution is -0.114. The highest BCUT2D eigenvalue weighted by Gasteiger charge is 2.11. The van der Waals surface area contributed by atoms with Gasteiger partial charge in [-0.1, -0.05) is 23.3 Å².